The van der Waals surface area contributed by atoms with Crippen molar-refractivity contribution in [2.75, 3.05) is 32.1 Å². The van der Waals surface area contributed by atoms with Gasteiger partial charge in [-0.15, -0.1) is 0 Å². The topological polar surface area (TPSA) is 89.9 Å². The number of piperidine rings is 1. The molecule has 8 heteroatoms. The summed E-state index contributed by atoms with van der Waals surface area (Å²) in [6.07, 6.45) is 1.07. The van der Waals surface area contributed by atoms with Crippen molar-refractivity contribution in [3.8, 4) is 11.5 Å². The van der Waals surface area contributed by atoms with Gasteiger partial charge in [-0.05, 0) is 48.2 Å². The minimum atomic E-state index is -0.163. The Morgan fingerprint density at radius 1 is 0.944 bits per heavy atom. The highest BCUT2D eigenvalue weighted by molar-refractivity contribution is 5.93. The van der Waals surface area contributed by atoms with Crippen LogP contribution < -0.4 is 20.3 Å². The molecule has 186 valence electrons. The molecule has 0 radical (unpaired) electrons. The summed E-state index contributed by atoms with van der Waals surface area (Å²) in [6, 6.07) is 19.8. The summed E-state index contributed by atoms with van der Waals surface area (Å²) >= 11 is 0. The zero-order valence-corrected chi connectivity index (χ0v) is 20.2. The van der Waals surface area contributed by atoms with Gasteiger partial charge >= 0.3 is 0 Å². The van der Waals surface area contributed by atoms with Crippen molar-refractivity contribution in [1.82, 2.24) is 9.47 Å². The van der Waals surface area contributed by atoms with E-state index in [9.17, 15) is 14.4 Å². The van der Waals surface area contributed by atoms with Crippen molar-refractivity contribution in [3.63, 3.8) is 0 Å². The molecule has 1 fully saturated rings. The second-order valence-electron chi connectivity index (χ2n) is 9.35. The number of carbonyl (C=O) groups is 2. The summed E-state index contributed by atoms with van der Waals surface area (Å²) in [5, 5.41) is 3.01. The van der Waals surface area contributed by atoms with Gasteiger partial charge in [-0.3, -0.25) is 14.4 Å². The third-order valence-electron chi connectivity index (χ3n) is 6.85. The van der Waals surface area contributed by atoms with Crippen molar-refractivity contribution in [2.45, 2.75) is 25.3 Å². The molecular weight excluding hydrogens is 458 g/mol. The number of methoxy groups -OCH3 is 1. The minimum absolute atomic E-state index is 0.0312. The first kappa shape index (κ1) is 23.7. The Kier molecular flexibility index (Phi) is 6.75. The molecule has 2 amide bonds. The number of rotatable bonds is 7. The Morgan fingerprint density at radius 2 is 1.72 bits per heavy atom. The van der Waals surface area contributed by atoms with E-state index in [1.807, 2.05) is 59.5 Å². The quantitative estimate of drug-likeness (QED) is 0.553. The number of nitrogens with zero attached hydrogens (tertiary/aromatic N) is 2. The van der Waals surface area contributed by atoms with E-state index in [1.54, 1.807) is 17.7 Å². The fraction of sp³-hybridized carbons (Fsp3) is 0.321. The summed E-state index contributed by atoms with van der Waals surface area (Å²) in [6.45, 7) is 1.57. The van der Waals surface area contributed by atoms with Gasteiger partial charge in [0.05, 0.1) is 19.2 Å². The minimum Gasteiger partial charge on any atom is -0.497 e. The first-order chi connectivity index (χ1) is 17.5. The molecule has 1 saturated heterocycles. The van der Waals surface area contributed by atoms with E-state index < -0.39 is 0 Å². The third kappa shape index (κ3) is 5.12. The molecule has 1 aromatic heterocycles. The van der Waals surface area contributed by atoms with Crippen molar-refractivity contribution in [1.29, 1.82) is 0 Å². The number of likely N-dealkylation sites (tertiary alicyclic amines) is 1. The highest BCUT2D eigenvalue weighted by Crippen LogP contribution is 2.38. The molecule has 3 aromatic rings. The average molecular weight is 488 g/mol. The number of nitrogens with one attached hydrogen (secondary N) is 1. The monoisotopic (exact) mass is 487 g/mol. The third-order valence-corrected chi connectivity index (χ3v) is 6.85. The first-order valence-corrected chi connectivity index (χ1v) is 12.1. The van der Waals surface area contributed by atoms with Gasteiger partial charge < -0.3 is 24.3 Å². The summed E-state index contributed by atoms with van der Waals surface area (Å²) in [7, 11) is 1.60. The largest absolute Gasteiger partial charge is 0.497 e. The molecule has 8 nitrogen and oxygen atoms in total. The van der Waals surface area contributed by atoms with Gasteiger partial charge in [-0.2, -0.15) is 0 Å². The highest BCUT2D eigenvalue weighted by Gasteiger charge is 2.38. The summed E-state index contributed by atoms with van der Waals surface area (Å²) in [5.74, 6) is 1.29. The molecule has 5 rings (SSSR count). The van der Waals surface area contributed by atoms with Crippen LogP contribution in [0.1, 0.15) is 23.6 Å². The predicted molar refractivity (Wildman–Crippen MR) is 135 cm³/mol. The number of hydrogen-bond donors (Lipinski definition) is 1. The summed E-state index contributed by atoms with van der Waals surface area (Å²) in [4.78, 5) is 40.3. The van der Waals surface area contributed by atoms with E-state index in [1.165, 1.54) is 6.07 Å². The molecule has 0 saturated carbocycles. The van der Waals surface area contributed by atoms with Crippen LogP contribution in [0.25, 0.3) is 0 Å². The van der Waals surface area contributed by atoms with Crippen molar-refractivity contribution in [2.24, 2.45) is 5.92 Å². The van der Waals surface area contributed by atoms with Crippen LogP contribution in [0.3, 0.4) is 0 Å². The van der Waals surface area contributed by atoms with Gasteiger partial charge in [-0.1, -0.05) is 30.3 Å². The van der Waals surface area contributed by atoms with Gasteiger partial charge in [0.1, 0.15) is 11.5 Å². The second-order valence-corrected chi connectivity index (χ2v) is 9.35. The van der Waals surface area contributed by atoms with E-state index in [2.05, 4.69) is 5.32 Å². The molecule has 2 aliphatic heterocycles. The Bertz CT molecular complexity index is 1300. The van der Waals surface area contributed by atoms with E-state index >= 15 is 0 Å². The number of benzene rings is 2. The predicted octanol–water partition coefficient (Wildman–Crippen LogP) is 3.06. The zero-order chi connectivity index (χ0) is 25.1. The number of amides is 2. The molecule has 2 aliphatic rings. The number of ether oxygens (including phenoxy) is 2. The lowest BCUT2D eigenvalue weighted by atomic mass is 9.82. The van der Waals surface area contributed by atoms with Crippen LogP contribution in [-0.4, -0.2) is 48.1 Å². The van der Waals surface area contributed by atoms with E-state index in [0.29, 0.717) is 31.1 Å². The number of para-hydroxylation sites is 1. The highest BCUT2D eigenvalue weighted by atomic mass is 16.5. The smallest absolute Gasteiger partial charge is 0.260 e. The van der Waals surface area contributed by atoms with Gasteiger partial charge in [-0.25, -0.2) is 0 Å². The fourth-order valence-corrected chi connectivity index (χ4v) is 5.20. The standard InChI is InChI=1S/C28H29N3O5/c1-35-22-9-7-19(8-10-22)14-25(32)29-24-11-12-26(33)31-16-20-13-21(28(24)31)17-30(15-20)27(34)18-36-23-5-3-2-4-6-23/h2-12,20-21H,13-18H2,1H3,(H,29,32)/t20-,21+/m0/s1. The van der Waals surface area contributed by atoms with Crippen molar-refractivity contribution < 1.29 is 19.1 Å². The number of aromatic nitrogens is 1. The molecule has 0 spiro atoms. The lowest BCUT2D eigenvalue weighted by Crippen LogP contribution is -2.50. The zero-order valence-electron chi connectivity index (χ0n) is 20.2. The maximum Gasteiger partial charge on any atom is 0.260 e. The van der Waals surface area contributed by atoms with Crippen molar-refractivity contribution >= 4 is 17.5 Å². The van der Waals surface area contributed by atoms with Crippen LogP contribution in [0.5, 0.6) is 11.5 Å². The van der Waals surface area contributed by atoms with Crippen LogP contribution in [0.4, 0.5) is 5.69 Å². The van der Waals surface area contributed by atoms with E-state index in [-0.39, 0.29) is 42.2 Å². The Balaban J connectivity index is 1.30. The van der Waals surface area contributed by atoms with E-state index in [0.717, 1.165) is 23.4 Å². The van der Waals surface area contributed by atoms with Crippen LogP contribution in [0.15, 0.2) is 71.5 Å². The number of carbonyl (C=O) groups excluding carboxylic acids is 2. The summed E-state index contributed by atoms with van der Waals surface area (Å²) < 4.78 is 12.6. The number of hydrogen-bond acceptors (Lipinski definition) is 5. The fourth-order valence-electron chi connectivity index (χ4n) is 5.20. The molecule has 3 heterocycles. The molecule has 0 aliphatic carbocycles. The molecule has 0 unspecified atom stereocenters. The number of anilines is 1. The normalized spacial score (nSPS) is 18.2. The lowest BCUT2D eigenvalue weighted by molar-refractivity contribution is -0.136. The number of pyridine rings is 1. The Labute approximate surface area is 209 Å². The Morgan fingerprint density at radius 3 is 2.47 bits per heavy atom. The lowest BCUT2D eigenvalue weighted by Gasteiger charge is -2.43. The van der Waals surface area contributed by atoms with Crippen LogP contribution in [0.2, 0.25) is 0 Å². The molecule has 2 aromatic carbocycles. The van der Waals surface area contributed by atoms with Crippen LogP contribution >= 0.6 is 0 Å². The van der Waals surface area contributed by atoms with Crippen LogP contribution in [-0.2, 0) is 22.6 Å². The molecular formula is C28H29N3O5. The van der Waals surface area contributed by atoms with Crippen molar-refractivity contribution in [3.05, 3.63) is 88.3 Å². The molecule has 2 bridgehead atoms. The van der Waals surface area contributed by atoms with Gasteiger partial charge in [0.25, 0.3) is 11.5 Å². The maximum absolute atomic E-state index is 12.9. The molecule has 1 N–H and O–H groups in total. The SMILES string of the molecule is COc1ccc(CC(=O)Nc2ccc(=O)n3c2[C@@H]2C[C@@H](CN(C(=O)COc4ccccc4)C2)C3)cc1. The maximum atomic E-state index is 12.9. The first-order valence-electron chi connectivity index (χ1n) is 12.1. The van der Waals surface area contributed by atoms with Gasteiger partial charge in [0.2, 0.25) is 5.91 Å². The molecule has 2 atom stereocenters. The Hall–Kier alpha value is -4.07. The van der Waals surface area contributed by atoms with E-state index in [4.69, 9.17) is 9.47 Å². The second kappa shape index (κ2) is 10.3. The van der Waals surface area contributed by atoms with Crippen LogP contribution in [0, 0.1) is 5.92 Å². The van der Waals surface area contributed by atoms with Gasteiger partial charge in [0.15, 0.2) is 6.61 Å². The van der Waals surface area contributed by atoms with Gasteiger partial charge in [0, 0.05) is 37.3 Å². The average Bonchev–Trinajstić information content (AvgIpc) is 2.89. The summed E-state index contributed by atoms with van der Waals surface area (Å²) in [5.41, 5.74) is 2.21. The number of fused-ring (bicyclic) bond motifs is 4. The molecule has 36 heavy (non-hydrogen) atoms.